The molecular weight excluding hydrogens is 287 g/mol. The van der Waals surface area contributed by atoms with Crippen LogP contribution in [0.4, 0.5) is 0 Å². The Morgan fingerprint density at radius 3 is 2.53 bits per heavy atom. The Morgan fingerprint density at radius 1 is 1.42 bits per heavy atom. The molecule has 3 nitrogen and oxygen atoms in total. The van der Waals surface area contributed by atoms with Gasteiger partial charge in [-0.25, -0.2) is 4.79 Å². The molecule has 0 saturated heterocycles. The van der Waals surface area contributed by atoms with Gasteiger partial charge in [-0.15, -0.1) is 0 Å². The van der Waals surface area contributed by atoms with Crippen LogP contribution in [-0.4, -0.2) is 16.2 Å². The molecule has 1 aliphatic rings. The fraction of sp³-hybridized carbons (Fsp3) is 0.500. The highest BCUT2D eigenvalue weighted by atomic mass is 35.5. The molecule has 2 rings (SSSR count). The van der Waals surface area contributed by atoms with Crippen LogP contribution in [0.2, 0.25) is 10.0 Å². The molecule has 0 aliphatic heterocycles. The van der Waals surface area contributed by atoms with E-state index in [1.54, 1.807) is 0 Å². The molecule has 2 N–H and O–H groups in total. The maximum absolute atomic E-state index is 11.2. The van der Waals surface area contributed by atoms with E-state index in [4.69, 9.17) is 28.3 Å². The molecule has 0 saturated carbocycles. The molecule has 0 radical (unpaired) electrons. The number of aliphatic hydroxyl groups is 1. The van der Waals surface area contributed by atoms with Crippen molar-refractivity contribution < 1.29 is 15.0 Å². The maximum Gasteiger partial charge on any atom is 0.340 e. The van der Waals surface area contributed by atoms with Crippen molar-refractivity contribution in [3.63, 3.8) is 0 Å². The third-order valence-corrected chi connectivity index (χ3v) is 4.70. The van der Waals surface area contributed by atoms with E-state index in [0.29, 0.717) is 16.0 Å². The van der Waals surface area contributed by atoms with Crippen molar-refractivity contribution in [2.24, 2.45) is 5.92 Å². The van der Waals surface area contributed by atoms with Crippen LogP contribution in [-0.2, 0) is 23.2 Å². The minimum Gasteiger partial charge on any atom is -0.479 e. The van der Waals surface area contributed by atoms with E-state index in [0.717, 1.165) is 30.4 Å². The van der Waals surface area contributed by atoms with E-state index in [-0.39, 0.29) is 5.56 Å². The Labute approximate surface area is 122 Å². The van der Waals surface area contributed by atoms with E-state index in [1.807, 2.05) is 0 Å². The van der Waals surface area contributed by atoms with Crippen LogP contribution in [0, 0.1) is 5.92 Å². The van der Waals surface area contributed by atoms with Crippen LogP contribution in [0.15, 0.2) is 6.07 Å². The molecule has 0 amide bonds. The first-order chi connectivity index (χ1) is 8.78. The lowest BCUT2D eigenvalue weighted by atomic mass is 9.93. The number of aliphatic carboxylic acids is 1. The van der Waals surface area contributed by atoms with E-state index < -0.39 is 11.6 Å². The molecule has 0 spiro atoms. The lowest BCUT2D eigenvalue weighted by molar-refractivity contribution is -0.157. The van der Waals surface area contributed by atoms with Crippen LogP contribution in [0.25, 0.3) is 0 Å². The average Bonchev–Trinajstić information content (AvgIpc) is 2.78. The number of fused-ring (bicyclic) bond motifs is 1. The molecule has 104 valence electrons. The zero-order chi connectivity index (χ0) is 14.4. The summed E-state index contributed by atoms with van der Waals surface area (Å²) in [5.41, 5.74) is 0.0169. The SMILES string of the molecule is CCC1Cc2c(Cl)cc(C(C)(O)C(=O)O)c(Cl)c2C1. The highest BCUT2D eigenvalue weighted by molar-refractivity contribution is 6.35. The van der Waals surface area contributed by atoms with Gasteiger partial charge in [-0.1, -0.05) is 36.5 Å². The van der Waals surface area contributed by atoms with Crippen LogP contribution < -0.4 is 0 Å². The second kappa shape index (κ2) is 4.97. The van der Waals surface area contributed by atoms with Crippen molar-refractivity contribution in [3.8, 4) is 0 Å². The summed E-state index contributed by atoms with van der Waals surface area (Å²) in [6, 6.07) is 1.48. The Bertz CT molecular complexity index is 538. The molecule has 1 aliphatic carbocycles. The van der Waals surface area contributed by atoms with Gasteiger partial charge in [0, 0.05) is 10.6 Å². The summed E-state index contributed by atoms with van der Waals surface area (Å²) in [5, 5.41) is 20.0. The van der Waals surface area contributed by atoms with Crippen molar-refractivity contribution in [3.05, 3.63) is 32.8 Å². The van der Waals surface area contributed by atoms with Crippen LogP contribution in [0.1, 0.15) is 37.0 Å². The number of carbonyl (C=O) groups is 1. The first kappa shape index (κ1) is 14.6. The van der Waals surface area contributed by atoms with E-state index in [1.165, 1.54) is 13.0 Å². The van der Waals surface area contributed by atoms with Gasteiger partial charge in [0.15, 0.2) is 5.60 Å². The number of rotatable bonds is 3. The summed E-state index contributed by atoms with van der Waals surface area (Å²) in [5.74, 6) is -0.856. The number of halogens is 2. The second-order valence-corrected chi connectivity index (χ2v) is 6.02. The number of hydrogen-bond acceptors (Lipinski definition) is 2. The molecule has 19 heavy (non-hydrogen) atoms. The number of benzene rings is 1. The molecular formula is C14H16Cl2O3. The van der Waals surface area contributed by atoms with Gasteiger partial charge in [0.2, 0.25) is 0 Å². The summed E-state index contributed by atoms with van der Waals surface area (Å²) in [7, 11) is 0. The fourth-order valence-electron chi connectivity index (χ4n) is 2.56. The summed E-state index contributed by atoms with van der Waals surface area (Å²) >= 11 is 12.5. The molecule has 2 unspecified atom stereocenters. The number of carboxylic acids is 1. The Balaban J connectivity index is 2.58. The number of carboxylic acid groups (broad SMARTS) is 1. The quantitative estimate of drug-likeness (QED) is 0.899. The van der Waals surface area contributed by atoms with Gasteiger partial charge in [0.25, 0.3) is 0 Å². The molecule has 1 aromatic rings. The van der Waals surface area contributed by atoms with Crippen molar-refractivity contribution in [2.45, 2.75) is 38.7 Å². The van der Waals surface area contributed by atoms with Crippen molar-refractivity contribution in [1.82, 2.24) is 0 Å². The third kappa shape index (κ3) is 2.35. The average molecular weight is 303 g/mol. The predicted octanol–water partition coefficient (Wildman–Crippen LogP) is 3.41. The van der Waals surface area contributed by atoms with Crippen LogP contribution in [0.5, 0.6) is 0 Å². The largest absolute Gasteiger partial charge is 0.479 e. The molecule has 2 atom stereocenters. The zero-order valence-corrected chi connectivity index (χ0v) is 12.3. The van der Waals surface area contributed by atoms with Crippen molar-refractivity contribution in [1.29, 1.82) is 0 Å². The van der Waals surface area contributed by atoms with E-state index in [2.05, 4.69) is 6.92 Å². The molecule has 0 aromatic heterocycles. The first-order valence-corrected chi connectivity index (χ1v) is 7.00. The second-order valence-electron chi connectivity index (χ2n) is 5.24. The van der Waals surface area contributed by atoms with Gasteiger partial charge in [0.1, 0.15) is 0 Å². The Morgan fingerprint density at radius 2 is 2.00 bits per heavy atom. The van der Waals surface area contributed by atoms with Crippen LogP contribution >= 0.6 is 23.2 Å². The summed E-state index contributed by atoms with van der Waals surface area (Å²) < 4.78 is 0. The molecule has 5 heteroatoms. The fourth-order valence-corrected chi connectivity index (χ4v) is 3.29. The van der Waals surface area contributed by atoms with Crippen molar-refractivity contribution >= 4 is 29.2 Å². The van der Waals surface area contributed by atoms with Gasteiger partial charge in [-0.05, 0) is 42.9 Å². The summed E-state index contributed by atoms with van der Waals surface area (Å²) in [4.78, 5) is 11.2. The highest BCUT2D eigenvalue weighted by Crippen LogP contribution is 2.42. The van der Waals surface area contributed by atoms with Gasteiger partial charge >= 0.3 is 5.97 Å². The lowest BCUT2D eigenvalue weighted by Gasteiger charge is -2.22. The molecule has 0 fully saturated rings. The smallest absolute Gasteiger partial charge is 0.340 e. The molecule has 0 heterocycles. The summed E-state index contributed by atoms with van der Waals surface area (Å²) in [6.07, 6.45) is 2.67. The standard InChI is InChI=1S/C14H16Cl2O3/c1-3-7-4-8-9(5-7)12(16)10(6-11(8)15)14(2,19)13(17)18/h6-7,19H,3-5H2,1-2H3,(H,17,18). The highest BCUT2D eigenvalue weighted by Gasteiger charge is 2.37. The third-order valence-electron chi connectivity index (χ3n) is 3.93. The van der Waals surface area contributed by atoms with Gasteiger partial charge in [-0.3, -0.25) is 0 Å². The van der Waals surface area contributed by atoms with Gasteiger partial charge in [0.05, 0.1) is 5.02 Å². The maximum atomic E-state index is 11.2. The Kier molecular flexibility index (Phi) is 3.83. The normalized spacial score (nSPS) is 21.0. The van der Waals surface area contributed by atoms with Crippen molar-refractivity contribution in [2.75, 3.05) is 0 Å². The Hall–Kier alpha value is -0.770. The van der Waals surface area contributed by atoms with Crippen LogP contribution in [0.3, 0.4) is 0 Å². The lowest BCUT2D eigenvalue weighted by Crippen LogP contribution is -2.32. The zero-order valence-electron chi connectivity index (χ0n) is 10.8. The van der Waals surface area contributed by atoms with Gasteiger partial charge < -0.3 is 10.2 Å². The monoisotopic (exact) mass is 302 g/mol. The van der Waals surface area contributed by atoms with Gasteiger partial charge in [-0.2, -0.15) is 0 Å². The topological polar surface area (TPSA) is 57.5 Å². The minimum absolute atomic E-state index is 0.169. The minimum atomic E-state index is -2.03. The van der Waals surface area contributed by atoms with E-state index >= 15 is 0 Å². The number of hydrogen-bond donors (Lipinski definition) is 2. The molecule has 0 bridgehead atoms. The predicted molar refractivity (Wildman–Crippen MR) is 74.9 cm³/mol. The molecule has 1 aromatic carbocycles. The summed E-state index contributed by atoms with van der Waals surface area (Å²) in [6.45, 7) is 3.32. The van der Waals surface area contributed by atoms with E-state index in [9.17, 15) is 9.90 Å². The first-order valence-electron chi connectivity index (χ1n) is 6.25.